The van der Waals surface area contributed by atoms with Crippen molar-refractivity contribution >= 4 is 23.4 Å². The summed E-state index contributed by atoms with van der Waals surface area (Å²) in [5.74, 6) is 0.185. The molecule has 5 nitrogen and oxygen atoms in total. The fourth-order valence-electron chi connectivity index (χ4n) is 3.04. The molecule has 0 unspecified atom stereocenters. The summed E-state index contributed by atoms with van der Waals surface area (Å²) in [5, 5.41) is 14.1. The fraction of sp³-hybridized carbons (Fsp3) is 0.174. The standard InChI is InChI=1S/C23H22N2O3S/c1-17(20-13-8-14-21(15-20)25(27)28)29-16-22(26)24-23(18-9-4-2-5-10-18)19-11-6-3-7-12-19/h2-15,17,23H,16H2,1H3,(H,24,26)/t17-/m0/s1. The number of hydrogen-bond acceptors (Lipinski definition) is 4. The molecule has 0 fully saturated rings. The number of thioether (sulfide) groups is 1. The molecule has 3 aromatic carbocycles. The normalized spacial score (nSPS) is 11.8. The Hall–Kier alpha value is -3.12. The van der Waals surface area contributed by atoms with Gasteiger partial charge in [0.1, 0.15) is 0 Å². The molecule has 3 rings (SSSR count). The van der Waals surface area contributed by atoms with Gasteiger partial charge in [-0.05, 0) is 23.6 Å². The van der Waals surface area contributed by atoms with Crippen molar-refractivity contribution in [1.82, 2.24) is 5.32 Å². The number of carbonyl (C=O) groups is 1. The smallest absolute Gasteiger partial charge is 0.269 e. The predicted molar refractivity (Wildman–Crippen MR) is 117 cm³/mol. The van der Waals surface area contributed by atoms with Crippen molar-refractivity contribution in [3.8, 4) is 0 Å². The molecule has 0 aliphatic rings. The molecule has 0 spiro atoms. The Bertz CT molecular complexity index is 925. The molecule has 1 atom stereocenters. The van der Waals surface area contributed by atoms with Gasteiger partial charge in [0.05, 0.1) is 16.7 Å². The minimum atomic E-state index is -0.405. The zero-order valence-corrected chi connectivity index (χ0v) is 16.8. The van der Waals surface area contributed by atoms with Crippen LogP contribution in [0, 0.1) is 10.1 Å². The van der Waals surface area contributed by atoms with Gasteiger partial charge in [0, 0.05) is 17.4 Å². The Labute approximate surface area is 174 Å². The summed E-state index contributed by atoms with van der Waals surface area (Å²) in [6, 6.07) is 26.0. The van der Waals surface area contributed by atoms with Crippen LogP contribution >= 0.6 is 11.8 Å². The average Bonchev–Trinajstić information content (AvgIpc) is 2.77. The second-order valence-corrected chi connectivity index (χ2v) is 7.96. The maximum absolute atomic E-state index is 12.7. The van der Waals surface area contributed by atoms with Crippen molar-refractivity contribution < 1.29 is 9.72 Å². The Morgan fingerprint density at radius 3 is 2.03 bits per heavy atom. The fourth-order valence-corrected chi connectivity index (χ4v) is 3.86. The van der Waals surface area contributed by atoms with Crippen molar-refractivity contribution in [1.29, 1.82) is 0 Å². The van der Waals surface area contributed by atoms with E-state index in [9.17, 15) is 14.9 Å². The molecule has 0 heterocycles. The SMILES string of the molecule is C[C@H](SCC(=O)NC(c1ccccc1)c1ccccc1)c1cccc([N+](=O)[O-])c1. The van der Waals surface area contributed by atoms with Gasteiger partial charge in [-0.1, -0.05) is 72.8 Å². The Balaban J connectivity index is 1.66. The molecule has 0 saturated carbocycles. The highest BCUT2D eigenvalue weighted by molar-refractivity contribution is 8.00. The molecular weight excluding hydrogens is 384 g/mol. The molecule has 0 saturated heterocycles. The van der Waals surface area contributed by atoms with E-state index in [4.69, 9.17) is 0 Å². The minimum absolute atomic E-state index is 0.0347. The van der Waals surface area contributed by atoms with Gasteiger partial charge in [-0.25, -0.2) is 0 Å². The van der Waals surface area contributed by atoms with E-state index in [0.29, 0.717) is 0 Å². The highest BCUT2D eigenvalue weighted by atomic mass is 32.2. The number of nitro benzene ring substituents is 1. The van der Waals surface area contributed by atoms with Crippen molar-refractivity contribution in [3.63, 3.8) is 0 Å². The third-order valence-corrected chi connectivity index (χ3v) is 5.79. The Morgan fingerprint density at radius 1 is 0.931 bits per heavy atom. The lowest BCUT2D eigenvalue weighted by Gasteiger charge is -2.20. The number of nitrogens with one attached hydrogen (secondary N) is 1. The zero-order valence-electron chi connectivity index (χ0n) is 16.0. The summed E-state index contributed by atoms with van der Waals surface area (Å²) in [7, 11) is 0. The van der Waals surface area contributed by atoms with E-state index in [1.807, 2.05) is 73.7 Å². The molecular formula is C23H22N2O3S. The predicted octanol–water partition coefficient (Wildman–Crippen LogP) is 5.29. The van der Waals surface area contributed by atoms with Crippen LogP contribution in [0.2, 0.25) is 0 Å². The van der Waals surface area contributed by atoms with Crippen LogP contribution < -0.4 is 5.32 Å². The summed E-state index contributed by atoms with van der Waals surface area (Å²) < 4.78 is 0. The lowest BCUT2D eigenvalue weighted by Crippen LogP contribution is -2.30. The summed E-state index contributed by atoms with van der Waals surface area (Å²) in [6.45, 7) is 1.95. The third kappa shape index (κ3) is 5.68. The van der Waals surface area contributed by atoms with Crippen molar-refractivity contribution in [3.05, 3.63) is 112 Å². The van der Waals surface area contributed by atoms with E-state index in [1.54, 1.807) is 12.1 Å². The number of carbonyl (C=O) groups excluding carboxylic acids is 1. The van der Waals surface area contributed by atoms with E-state index in [2.05, 4.69) is 5.32 Å². The van der Waals surface area contributed by atoms with E-state index >= 15 is 0 Å². The first-order valence-corrected chi connectivity index (χ1v) is 10.3. The second kappa shape index (κ2) is 9.89. The summed E-state index contributed by atoms with van der Waals surface area (Å²) in [4.78, 5) is 23.2. The second-order valence-electron chi connectivity index (χ2n) is 6.63. The molecule has 29 heavy (non-hydrogen) atoms. The highest BCUT2D eigenvalue weighted by Crippen LogP contribution is 2.30. The van der Waals surface area contributed by atoms with Gasteiger partial charge in [-0.3, -0.25) is 14.9 Å². The van der Waals surface area contributed by atoms with Crippen LogP contribution in [0.5, 0.6) is 0 Å². The van der Waals surface area contributed by atoms with E-state index in [1.165, 1.54) is 17.8 Å². The van der Waals surface area contributed by atoms with E-state index in [0.717, 1.165) is 16.7 Å². The number of benzene rings is 3. The van der Waals surface area contributed by atoms with Crippen LogP contribution in [0.1, 0.15) is 34.9 Å². The first-order valence-electron chi connectivity index (χ1n) is 9.30. The lowest BCUT2D eigenvalue weighted by atomic mass is 9.99. The first kappa shape index (κ1) is 20.6. The van der Waals surface area contributed by atoms with E-state index in [-0.39, 0.29) is 28.6 Å². The van der Waals surface area contributed by atoms with Crippen LogP contribution in [0.15, 0.2) is 84.9 Å². The summed E-state index contributed by atoms with van der Waals surface area (Å²) >= 11 is 1.46. The number of hydrogen-bond donors (Lipinski definition) is 1. The largest absolute Gasteiger partial charge is 0.344 e. The monoisotopic (exact) mass is 406 g/mol. The van der Waals surface area contributed by atoms with Gasteiger partial charge >= 0.3 is 0 Å². The number of non-ortho nitro benzene ring substituents is 1. The molecule has 0 bridgehead atoms. The Morgan fingerprint density at radius 2 is 1.48 bits per heavy atom. The topological polar surface area (TPSA) is 72.2 Å². The van der Waals surface area contributed by atoms with Gasteiger partial charge in [0.15, 0.2) is 0 Å². The van der Waals surface area contributed by atoms with Gasteiger partial charge in [-0.2, -0.15) is 0 Å². The van der Waals surface area contributed by atoms with Gasteiger partial charge in [0.2, 0.25) is 5.91 Å². The summed E-state index contributed by atoms with van der Waals surface area (Å²) in [5.41, 5.74) is 2.93. The average molecular weight is 407 g/mol. The maximum Gasteiger partial charge on any atom is 0.269 e. The van der Waals surface area contributed by atoms with Crippen molar-refractivity contribution in [2.45, 2.75) is 18.2 Å². The van der Waals surface area contributed by atoms with Crippen LogP contribution in [0.4, 0.5) is 5.69 Å². The molecule has 6 heteroatoms. The molecule has 0 radical (unpaired) electrons. The molecule has 1 amide bonds. The molecule has 3 aromatic rings. The number of nitro groups is 1. The molecule has 0 aliphatic heterocycles. The Kier molecular flexibility index (Phi) is 7.03. The molecule has 0 aromatic heterocycles. The van der Waals surface area contributed by atoms with Gasteiger partial charge in [0.25, 0.3) is 5.69 Å². The van der Waals surface area contributed by atoms with E-state index < -0.39 is 4.92 Å². The number of amides is 1. The van der Waals surface area contributed by atoms with Crippen LogP contribution in [-0.4, -0.2) is 16.6 Å². The quantitative estimate of drug-likeness (QED) is 0.407. The molecule has 148 valence electrons. The zero-order chi connectivity index (χ0) is 20.6. The maximum atomic E-state index is 12.7. The van der Waals surface area contributed by atoms with Crippen molar-refractivity contribution in [2.75, 3.05) is 5.75 Å². The van der Waals surface area contributed by atoms with Crippen LogP contribution in [-0.2, 0) is 4.79 Å². The lowest BCUT2D eigenvalue weighted by molar-refractivity contribution is -0.384. The summed E-state index contributed by atoms with van der Waals surface area (Å²) in [6.07, 6.45) is 0. The van der Waals surface area contributed by atoms with Gasteiger partial charge < -0.3 is 5.32 Å². The van der Waals surface area contributed by atoms with Crippen LogP contribution in [0.3, 0.4) is 0 Å². The highest BCUT2D eigenvalue weighted by Gasteiger charge is 2.18. The number of rotatable bonds is 8. The minimum Gasteiger partial charge on any atom is -0.344 e. The van der Waals surface area contributed by atoms with Crippen molar-refractivity contribution in [2.24, 2.45) is 0 Å². The first-order chi connectivity index (χ1) is 14.0. The third-order valence-electron chi connectivity index (χ3n) is 4.59. The molecule has 1 N–H and O–H groups in total. The number of nitrogens with zero attached hydrogens (tertiary/aromatic N) is 1. The van der Waals surface area contributed by atoms with Gasteiger partial charge in [-0.15, -0.1) is 11.8 Å². The van der Waals surface area contributed by atoms with Crippen LogP contribution in [0.25, 0.3) is 0 Å². The molecule has 0 aliphatic carbocycles.